The predicted molar refractivity (Wildman–Crippen MR) is 111 cm³/mol. The molecule has 6 heteroatoms. The Kier molecular flexibility index (Phi) is 6.36. The first-order chi connectivity index (χ1) is 14.5. The summed E-state index contributed by atoms with van der Waals surface area (Å²) in [6.45, 7) is 1.59. The van der Waals surface area contributed by atoms with E-state index >= 15 is 0 Å². The van der Waals surface area contributed by atoms with Crippen LogP contribution >= 0.6 is 0 Å². The summed E-state index contributed by atoms with van der Waals surface area (Å²) in [7, 11) is 1.42. The van der Waals surface area contributed by atoms with Crippen molar-refractivity contribution in [1.29, 1.82) is 5.26 Å². The molecule has 0 bridgehead atoms. The van der Waals surface area contributed by atoms with Gasteiger partial charge in [-0.25, -0.2) is 4.79 Å². The third kappa shape index (κ3) is 4.78. The standard InChI is InChI=1S/C24H19NO5/c1-16(28-2)23(24(26)27)21-11-3-4-12-22(21)30-20-10-6-9-19(14-20)29-18-8-5-7-17(13-18)15-25/h3-14H,1-2H3,(H,26,27)/b23-16+. The lowest BCUT2D eigenvalue weighted by Gasteiger charge is -2.14. The molecule has 0 aliphatic carbocycles. The second-order valence-corrected chi connectivity index (χ2v) is 6.26. The van der Waals surface area contributed by atoms with Gasteiger partial charge >= 0.3 is 5.97 Å². The maximum Gasteiger partial charge on any atom is 0.339 e. The van der Waals surface area contributed by atoms with Crippen molar-refractivity contribution in [3.63, 3.8) is 0 Å². The van der Waals surface area contributed by atoms with E-state index in [0.29, 0.717) is 34.1 Å². The Balaban J connectivity index is 1.90. The van der Waals surface area contributed by atoms with Crippen molar-refractivity contribution in [3.8, 4) is 29.1 Å². The molecule has 150 valence electrons. The highest BCUT2D eigenvalue weighted by atomic mass is 16.5. The molecule has 0 aromatic heterocycles. The zero-order chi connectivity index (χ0) is 21.5. The molecule has 0 aliphatic heterocycles. The number of carbonyl (C=O) groups is 1. The Hall–Kier alpha value is -4.24. The number of allylic oxidation sites excluding steroid dienone is 1. The van der Waals surface area contributed by atoms with Gasteiger partial charge in [0.15, 0.2) is 0 Å². The summed E-state index contributed by atoms with van der Waals surface area (Å²) >= 11 is 0. The molecule has 0 spiro atoms. The fourth-order valence-electron chi connectivity index (χ4n) is 2.81. The Bertz CT molecular complexity index is 1140. The van der Waals surface area contributed by atoms with E-state index in [0.717, 1.165) is 0 Å². The molecule has 30 heavy (non-hydrogen) atoms. The van der Waals surface area contributed by atoms with Crippen LogP contribution in [0.4, 0.5) is 0 Å². The lowest BCUT2D eigenvalue weighted by molar-refractivity contribution is -0.130. The van der Waals surface area contributed by atoms with Crippen LogP contribution < -0.4 is 9.47 Å². The first kappa shape index (κ1) is 20.5. The van der Waals surface area contributed by atoms with Crippen LogP contribution in [0.5, 0.6) is 23.0 Å². The summed E-state index contributed by atoms with van der Waals surface area (Å²) in [5, 5.41) is 18.7. The minimum absolute atomic E-state index is 0.0221. The van der Waals surface area contributed by atoms with Crippen LogP contribution in [0.15, 0.2) is 78.6 Å². The third-order valence-corrected chi connectivity index (χ3v) is 4.26. The molecule has 0 fully saturated rings. The summed E-state index contributed by atoms with van der Waals surface area (Å²) in [6.07, 6.45) is 0. The van der Waals surface area contributed by atoms with Crippen molar-refractivity contribution in [2.45, 2.75) is 6.92 Å². The van der Waals surface area contributed by atoms with Crippen molar-refractivity contribution in [3.05, 3.63) is 89.7 Å². The SMILES string of the molecule is CO/C(C)=C(/C(=O)O)c1ccccc1Oc1cccc(Oc2cccc(C#N)c2)c1. The largest absolute Gasteiger partial charge is 0.500 e. The van der Waals surface area contributed by atoms with Crippen molar-refractivity contribution in [2.24, 2.45) is 0 Å². The summed E-state index contributed by atoms with van der Waals surface area (Å²) < 4.78 is 16.9. The number of carboxylic acid groups (broad SMARTS) is 1. The van der Waals surface area contributed by atoms with E-state index < -0.39 is 5.97 Å². The first-order valence-electron chi connectivity index (χ1n) is 9.05. The van der Waals surface area contributed by atoms with Gasteiger partial charge in [-0.05, 0) is 43.3 Å². The number of hydrogen-bond acceptors (Lipinski definition) is 5. The number of nitriles is 1. The van der Waals surface area contributed by atoms with Crippen molar-refractivity contribution in [2.75, 3.05) is 7.11 Å². The van der Waals surface area contributed by atoms with Crippen molar-refractivity contribution < 1.29 is 24.1 Å². The van der Waals surface area contributed by atoms with E-state index in [9.17, 15) is 9.90 Å². The number of benzene rings is 3. The van der Waals surface area contributed by atoms with Gasteiger partial charge in [-0.2, -0.15) is 5.26 Å². The zero-order valence-electron chi connectivity index (χ0n) is 16.5. The molecule has 6 nitrogen and oxygen atoms in total. The third-order valence-electron chi connectivity index (χ3n) is 4.26. The van der Waals surface area contributed by atoms with Gasteiger partial charge in [0, 0.05) is 11.6 Å². The topological polar surface area (TPSA) is 88.8 Å². The number of para-hydroxylation sites is 1. The monoisotopic (exact) mass is 401 g/mol. The molecular formula is C24H19NO5. The molecule has 0 atom stereocenters. The predicted octanol–water partition coefficient (Wildman–Crippen LogP) is 5.60. The summed E-state index contributed by atoms with van der Waals surface area (Å²) in [6, 6.07) is 22.7. The lowest BCUT2D eigenvalue weighted by Crippen LogP contribution is -2.05. The van der Waals surface area contributed by atoms with Gasteiger partial charge < -0.3 is 19.3 Å². The molecule has 3 rings (SSSR count). The fraction of sp³-hybridized carbons (Fsp3) is 0.0833. The molecule has 1 N–H and O–H groups in total. The second-order valence-electron chi connectivity index (χ2n) is 6.26. The molecule has 0 aliphatic rings. The molecule has 0 unspecified atom stereocenters. The number of carboxylic acids is 1. The van der Waals surface area contributed by atoms with Gasteiger partial charge in [-0.1, -0.05) is 30.3 Å². The number of rotatable bonds is 7. The Morgan fingerprint density at radius 1 is 0.900 bits per heavy atom. The highest BCUT2D eigenvalue weighted by molar-refractivity contribution is 6.16. The summed E-state index contributed by atoms with van der Waals surface area (Å²) in [5.74, 6) is 1.04. The number of hydrogen-bond donors (Lipinski definition) is 1. The summed E-state index contributed by atoms with van der Waals surface area (Å²) in [4.78, 5) is 11.8. The Morgan fingerprint density at radius 3 is 2.20 bits per heavy atom. The highest BCUT2D eigenvalue weighted by Gasteiger charge is 2.19. The van der Waals surface area contributed by atoms with Crippen LogP contribution in [0, 0.1) is 11.3 Å². The Morgan fingerprint density at radius 2 is 1.53 bits per heavy atom. The maximum absolute atomic E-state index is 11.8. The van der Waals surface area contributed by atoms with E-state index in [4.69, 9.17) is 19.5 Å². The molecule has 3 aromatic rings. The van der Waals surface area contributed by atoms with Crippen molar-refractivity contribution in [1.82, 2.24) is 0 Å². The number of nitrogens with zero attached hydrogens (tertiary/aromatic N) is 1. The van der Waals surface area contributed by atoms with Crippen LogP contribution in [0.25, 0.3) is 5.57 Å². The normalized spacial score (nSPS) is 11.1. The first-order valence-corrected chi connectivity index (χ1v) is 9.05. The van der Waals surface area contributed by atoms with Gasteiger partial charge in [0.2, 0.25) is 0 Å². The molecule has 0 saturated heterocycles. The molecule has 0 heterocycles. The van der Waals surface area contributed by atoms with Crippen LogP contribution in [0.3, 0.4) is 0 Å². The van der Waals surface area contributed by atoms with E-state index in [-0.39, 0.29) is 11.3 Å². The quantitative estimate of drug-likeness (QED) is 0.409. The minimum Gasteiger partial charge on any atom is -0.500 e. The molecule has 3 aromatic carbocycles. The van der Waals surface area contributed by atoms with Crippen LogP contribution in [-0.2, 0) is 9.53 Å². The van der Waals surface area contributed by atoms with Crippen LogP contribution in [-0.4, -0.2) is 18.2 Å². The van der Waals surface area contributed by atoms with E-state index in [2.05, 4.69) is 6.07 Å². The van der Waals surface area contributed by atoms with E-state index in [1.807, 2.05) is 0 Å². The van der Waals surface area contributed by atoms with Crippen molar-refractivity contribution >= 4 is 11.5 Å². The number of aliphatic carboxylic acids is 1. The van der Waals surface area contributed by atoms with Crippen LogP contribution in [0.1, 0.15) is 18.1 Å². The zero-order valence-corrected chi connectivity index (χ0v) is 16.5. The van der Waals surface area contributed by atoms with Gasteiger partial charge in [-0.15, -0.1) is 0 Å². The van der Waals surface area contributed by atoms with Gasteiger partial charge in [-0.3, -0.25) is 0 Å². The number of methoxy groups -OCH3 is 1. The fourth-order valence-corrected chi connectivity index (χ4v) is 2.81. The van der Waals surface area contributed by atoms with Gasteiger partial charge in [0.1, 0.15) is 34.3 Å². The molecule has 0 saturated carbocycles. The van der Waals surface area contributed by atoms with E-state index in [1.165, 1.54) is 7.11 Å². The average Bonchev–Trinajstić information content (AvgIpc) is 2.75. The molecule has 0 radical (unpaired) electrons. The number of ether oxygens (including phenoxy) is 3. The Labute approximate surface area is 174 Å². The average molecular weight is 401 g/mol. The van der Waals surface area contributed by atoms with Crippen LogP contribution in [0.2, 0.25) is 0 Å². The second kappa shape index (κ2) is 9.30. The summed E-state index contributed by atoms with van der Waals surface area (Å²) in [5.41, 5.74) is 0.918. The minimum atomic E-state index is -1.11. The lowest BCUT2D eigenvalue weighted by atomic mass is 10.0. The van der Waals surface area contributed by atoms with Gasteiger partial charge in [0.05, 0.1) is 18.7 Å². The van der Waals surface area contributed by atoms with E-state index in [1.54, 1.807) is 79.7 Å². The molecule has 0 amide bonds. The maximum atomic E-state index is 11.8. The molecular weight excluding hydrogens is 382 g/mol. The highest BCUT2D eigenvalue weighted by Crippen LogP contribution is 2.34. The van der Waals surface area contributed by atoms with Gasteiger partial charge in [0.25, 0.3) is 0 Å². The smallest absolute Gasteiger partial charge is 0.339 e.